The van der Waals surface area contributed by atoms with E-state index in [1.165, 1.54) is 6.42 Å². The van der Waals surface area contributed by atoms with Gasteiger partial charge in [-0.25, -0.2) is 4.79 Å². The molecule has 136 valence electrons. The molecule has 2 rings (SSSR count). The van der Waals surface area contributed by atoms with Crippen molar-refractivity contribution in [3.63, 3.8) is 0 Å². The van der Waals surface area contributed by atoms with Crippen molar-refractivity contribution >= 4 is 11.7 Å². The van der Waals surface area contributed by atoms with Crippen molar-refractivity contribution < 1.29 is 4.79 Å². The van der Waals surface area contributed by atoms with Gasteiger partial charge in [-0.1, -0.05) is 13.0 Å². The van der Waals surface area contributed by atoms with Gasteiger partial charge in [0.1, 0.15) is 0 Å². The van der Waals surface area contributed by atoms with E-state index in [4.69, 9.17) is 5.26 Å². The SMILES string of the molecule is CCN1CCCC1CN(CCN(C)C)C(=O)Nc1cccc(C#N)c1. The molecule has 1 atom stereocenters. The van der Waals surface area contributed by atoms with Gasteiger partial charge in [0.25, 0.3) is 0 Å². The summed E-state index contributed by atoms with van der Waals surface area (Å²) >= 11 is 0. The highest BCUT2D eigenvalue weighted by atomic mass is 16.2. The van der Waals surface area contributed by atoms with Gasteiger partial charge in [-0.05, 0) is 58.2 Å². The smallest absolute Gasteiger partial charge is 0.321 e. The number of carbonyl (C=O) groups excluding carboxylic acids is 1. The Bertz CT molecular complexity index is 610. The Morgan fingerprint density at radius 2 is 2.20 bits per heavy atom. The fourth-order valence-corrected chi connectivity index (χ4v) is 3.24. The number of hydrogen-bond acceptors (Lipinski definition) is 4. The van der Waals surface area contributed by atoms with Crippen molar-refractivity contribution in [2.45, 2.75) is 25.8 Å². The number of amides is 2. The molecule has 1 aromatic carbocycles. The molecule has 0 aliphatic carbocycles. The fraction of sp³-hybridized carbons (Fsp3) is 0.579. The molecule has 25 heavy (non-hydrogen) atoms. The van der Waals surface area contributed by atoms with Crippen molar-refractivity contribution in [3.05, 3.63) is 29.8 Å². The molecule has 0 radical (unpaired) electrons. The van der Waals surface area contributed by atoms with E-state index in [0.29, 0.717) is 23.8 Å². The van der Waals surface area contributed by atoms with Gasteiger partial charge < -0.3 is 15.1 Å². The van der Waals surface area contributed by atoms with Crippen LogP contribution in [0.25, 0.3) is 0 Å². The Balaban J connectivity index is 2.05. The van der Waals surface area contributed by atoms with Crippen LogP contribution in [0.15, 0.2) is 24.3 Å². The summed E-state index contributed by atoms with van der Waals surface area (Å²) in [6.45, 7) is 6.57. The van der Waals surface area contributed by atoms with Crippen LogP contribution >= 0.6 is 0 Å². The van der Waals surface area contributed by atoms with Gasteiger partial charge in [0.05, 0.1) is 11.6 Å². The third-order valence-electron chi connectivity index (χ3n) is 4.68. The number of hydrogen-bond donors (Lipinski definition) is 1. The molecule has 1 aliphatic rings. The number of nitrogens with zero attached hydrogens (tertiary/aromatic N) is 4. The fourth-order valence-electron chi connectivity index (χ4n) is 3.24. The van der Waals surface area contributed by atoms with Crippen LogP contribution in [0.4, 0.5) is 10.5 Å². The Kier molecular flexibility index (Phi) is 7.23. The minimum atomic E-state index is -0.0973. The zero-order valence-corrected chi connectivity index (χ0v) is 15.5. The number of nitrogens with one attached hydrogen (secondary N) is 1. The molecular weight excluding hydrogens is 314 g/mol. The van der Waals surface area contributed by atoms with Crippen molar-refractivity contribution in [1.29, 1.82) is 5.26 Å². The van der Waals surface area contributed by atoms with Gasteiger partial charge in [0.2, 0.25) is 0 Å². The van der Waals surface area contributed by atoms with Crippen LogP contribution in [0.1, 0.15) is 25.3 Å². The summed E-state index contributed by atoms with van der Waals surface area (Å²) in [6.07, 6.45) is 2.34. The third-order valence-corrected chi connectivity index (χ3v) is 4.68. The number of anilines is 1. The number of carbonyl (C=O) groups is 1. The Labute approximate surface area is 151 Å². The predicted molar refractivity (Wildman–Crippen MR) is 101 cm³/mol. The zero-order valence-electron chi connectivity index (χ0n) is 15.5. The molecule has 1 saturated heterocycles. The summed E-state index contributed by atoms with van der Waals surface area (Å²) < 4.78 is 0. The first-order valence-electron chi connectivity index (χ1n) is 8.98. The minimum Gasteiger partial charge on any atom is -0.322 e. The van der Waals surface area contributed by atoms with E-state index < -0.39 is 0 Å². The quantitative estimate of drug-likeness (QED) is 0.826. The Morgan fingerprint density at radius 3 is 2.88 bits per heavy atom. The third kappa shape index (κ3) is 5.73. The second kappa shape index (κ2) is 9.40. The second-order valence-electron chi connectivity index (χ2n) is 6.80. The van der Waals surface area contributed by atoms with Crippen LogP contribution in [0, 0.1) is 11.3 Å². The lowest BCUT2D eigenvalue weighted by atomic mass is 10.2. The Morgan fingerprint density at radius 1 is 1.40 bits per heavy atom. The molecular formula is C19H29N5O. The Hall–Kier alpha value is -2.10. The summed E-state index contributed by atoms with van der Waals surface area (Å²) in [5.41, 5.74) is 1.21. The number of urea groups is 1. The van der Waals surface area contributed by atoms with Crippen molar-refractivity contribution in [1.82, 2.24) is 14.7 Å². The average molecular weight is 343 g/mol. The molecule has 0 aromatic heterocycles. The second-order valence-corrected chi connectivity index (χ2v) is 6.80. The van der Waals surface area contributed by atoms with E-state index in [2.05, 4.69) is 28.1 Å². The summed E-state index contributed by atoms with van der Waals surface area (Å²) in [4.78, 5) is 19.2. The topological polar surface area (TPSA) is 62.6 Å². The highest BCUT2D eigenvalue weighted by Gasteiger charge is 2.27. The van der Waals surface area contributed by atoms with Crippen LogP contribution in [0.2, 0.25) is 0 Å². The van der Waals surface area contributed by atoms with Gasteiger partial charge in [0, 0.05) is 31.4 Å². The molecule has 6 nitrogen and oxygen atoms in total. The number of nitriles is 1. The van der Waals surface area contributed by atoms with Crippen molar-refractivity contribution in [3.8, 4) is 6.07 Å². The summed E-state index contributed by atoms with van der Waals surface area (Å²) in [5, 5.41) is 12.0. The number of rotatable bonds is 7. The highest BCUT2D eigenvalue weighted by Crippen LogP contribution is 2.18. The maximum Gasteiger partial charge on any atom is 0.321 e. The number of likely N-dealkylation sites (N-methyl/N-ethyl adjacent to an activating group) is 2. The van der Waals surface area contributed by atoms with Crippen molar-refractivity contribution in [2.75, 3.05) is 52.1 Å². The standard InChI is InChI=1S/C19H29N5O/c1-4-23-10-6-9-18(23)15-24(12-11-22(2)3)19(25)21-17-8-5-7-16(13-17)14-20/h5,7-8,13,18H,4,6,9-12,15H2,1-3H3,(H,21,25). The molecule has 0 spiro atoms. The first kappa shape index (κ1) is 19.2. The first-order chi connectivity index (χ1) is 12.0. The van der Waals surface area contributed by atoms with Gasteiger partial charge in [-0.3, -0.25) is 4.90 Å². The highest BCUT2D eigenvalue weighted by molar-refractivity contribution is 5.89. The summed E-state index contributed by atoms with van der Waals surface area (Å²) in [7, 11) is 4.03. The van der Waals surface area contributed by atoms with E-state index in [1.54, 1.807) is 18.2 Å². The molecule has 1 aliphatic heterocycles. The van der Waals surface area contributed by atoms with E-state index in [0.717, 1.165) is 32.6 Å². The van der Waals surface area contributed by atoms with E-state index in [1.807, 2.05) is 25.1 Å². The van der Waals surface area contributed by atoms with Crippen LogP contribution in [0.5, 0.6) is 0 Å². The van der Waals surface area contributed by atoms with Gasteiger partial charge in [0.15, 0.2) is 0 Å². The largest absolute Gasteiger partial charge is 0.322 e. The monoisotopic (exact) mass is 343 g/mol. The predicted octanol–water partition coefficient (Wildman–Crippen LogP) is 2.44. The summed E-state index contributed by atoms with van der Waals surface area (Å²) in [6, 6.07) is 9.48. The normalized spacial score (nSPS) is 17.5. The lowest BCUT2D eigenvalue weighted by Gasteiger charge is -2.31. The molecule has 1 heterocycles. The van der Waals surface area contributed by atoms with Gasteiger partial charge >= 0.3 is 6.03 Å². The zero-order chi connectivity index (χ0) is 18.2. The summed E-state index contributed by atoms with van der Waals surface area (Å²) in [5.74, 6) is 0. The number of benzene rings is 1. The molecule has 0 saturated carbocycles. The molecule has 1 unspecified atom stereocenters. The first-order valence-corrected chi connectivity index (χ1v) is 8.98. The molecule has 1 N–H and O–H groups in total. The van der Waals surface area contributed by atoms with E-state index >= 15 is 0 Å². The molecule has 6 heteroatoms. The van der Waals surface area contributed by atoms with Gasteiger partial charge in [-0.15, -0.1) is 0 Å². The minimum absolute atomic E-state index is 0.0973. The number of likely N-dealkylation sites (tertiary alicyclic amines) is 1. The van der Waals surface area contributed by atoms with E-state index in [9.17, 15) is 4.79 Å². The van der Waals surface area contributed by atoms with Crippen LogP contribution < -0.4 is 5.32 Å². The van der Waals surface area contributed by atoms with Crippen LogP contribution in [-0.2, 0) is 0 Å². The average Bonchev–Trinajstić information content (AvgIpc) is 3.05. The van der Waals surface area contributed by atoms with Gasteiger partial charge in [-0.2, -0.15) is 5.26 Å². The lowest BCUT2D eigenvalue weighted by Crippen LogP contribution is -2.46. The molecule has 0 bridgehead atoms. The van der Waals surface area contributed by atoms with Crippen molar-refractivity contribution in [2.24, 2.45) is 0 Å². The lowest BCUT2D eigenvalue weighted by molar-refractivity contribution is 0.172. The maximum atomic E-state index is 12.8. The molecule has 2 amide bonds. The van der Waals surface area contributed by atoms with Crippen LogP contribution in [0.3, 0.4) is 0 Å². The molecule has 1 aromatic rings. The van der Waals surface area contributed by atoms with Crippen LogP contribution in [-0.4, -0.2) is 73.6 Å². The molecule has 1 fully saturated rings. The maximum absolute atomic E-state index is 12.8. The van der Waals surface area contributed by atoms with E-state index in [-0.39, 0.29) is 6.03 Å².